The van der Waals surface area contributed by atoms with E-state index < -0.39 is 5.97 Å². The van der Waals surface area contributed by atoms with Gasteiger partial charge in [0.2, 0.25) is 5.88 Å². The van der Waals surface area contributed by atoms with Crippen LogP contribution in [0.1, 0.15) is 10.4 Å². The van der Waals surface area contributed by atoms with Gasteiger partial charge in [0, 0.05) is 11.2 Å². The summed E-state index contributed by atoms with van der Waals surface area (Å²) in [5, 5.41) is 0.563. The summed E-state index contributed by atoms with van der Waals surface area (Å²) in [6.45, 7) is 0. The van der Waals surface area contributed by atoms with E-state index in [0.29, 0.717) is 15.2 Å². The number of hydrogen-bond acceptors (Lipinski definition) is 5. The first-order chi connectivity index (χ1) is 9.52. The van der Waals surface area contributed by atoms with Crippen LogP contribution >= 0.6 is 27.5 Å². The van der Waals surface area contributed by atoms with Crippen molar-refractivity contribution in [3.05, 3.63) is 45.5 Å². The van der Waals surface area contributed by atoms with E-state index in [0.717, 1.165) is 0 Å². The molecule has 0 saturated carbocycles. The largest absolute Gasteiger partial charge is 0.465 e. The predicted octanol–water partition coefficient (Wildman–Crippen LogP) is 3.66. The van der Waals surface area contributed by atoms with Crippen LogP contribution in [-0.2, 0) is 4.74 Å². The molecule has 2 aromatic rings. The number of carbonyl (C=O) groups is 1. The topological polar surface area (TPSA) is 74.4 Å². The number of nitrogen functional groups attached to an aromatic ring is 1. The summed E-state index contributed by atoms with van der Waals surface area (Å²) in [6.07, 6.45) is 1.42. The number of hydrogen-bond donors (Lipinski definition) is 1. The van der Waals surface area contributed by atoms with Crippen LogP contribution in [0.15, 0.2) is 34.9 Å². The first kappa shape index (κ1) is 14.6. The number of rotatable bonds is 3. The molecule has 0 spiro atoms. The van der Waals surface area contributed by atoms with Gasteiger partial charge < -0.3 is 15.2 Å². The molecule has 0 saturated heterocycles. The van der Waals surface area contributed by atoms with E-state index in [1.54, 1.807) is 18.2 Å². The third-order valence-corrected chi connectivity index (χ3v) is 3.31. The highest BCUT2D eigenvalue weighted by atomic mass is 79.9. The molecule has 0 aliphatic carbocycles. The van der Waals surface area contributed by atoms with E-state index in [9.17, 15) is 4.79 Å². The lowest BCUT2D eigenvalue weighted by atomic mass is 10.2. The van der Waals surface area contributed by atoms with Crippen LogP contribution in [0.25, 0.3) is 0 Å². The Morgan fingerprint density at radius 3 is 2.80 bits per heavy atom. The molecule has 0 bridgehead atoms. The van der Waals surface area contributed by atoms with Gasteiger partial charge >= 0.3 is 5.97 Å². The Bertz CT molecular complexity index is 664. The lowest BCUT2D eigenvalue weighted by molar-refractivity contribution is 0.0601. The van der Waals surface area contributed by atoms with Gasteiger partial charge in [-0.2, -0.15) is 0 Å². The molecule has 1 heterocycles. The van der Waals surface area contributed by atoms with Crippen LogP contribution in [0.2, 0.25) is 5.02 Å². The number of ether oxygens (including phenoxy) is 2. The summed E-state index contributed by atoms with van der Waals surface area (Å²) in [5.41, 5.74) is 6.17. The van der Waals surface area contributed by atoms with E-state index in [4.69, 9.17) is 22.1 Å². The van der Waals surface area contributed by atoms with E-state index >= 15 is 0 Å². The normalized spacial score (nSPS) is 10.2. The molecule has 2 rings (SSSR count). The summed E-state index contributed by atoms with van der Waals surface area (Å²) in [5.74, 6) is 0.0523. The second-order valence-corrected chi connectivity index (χ2v) is 5.04. The Labute approximate surface area is 128 Å². The fourth-order valence-corrected chi connectivity index (χ4v) is 2.25. The zero-order valence-corrected chi connectivity index (χ0v) is 12.7. The third-order valence-electron chi connectivity index (χ3n) is 2.46. The van der Waals surface area contributed by atoms with E-state index in [-0.39, 0.29) is 17.1 Å². The molecule has 1 aromatic heterocycles. The summed E-state index contributed by atoms with van der Waals surface area (Å²) in [7, 11) is 1.28. The maximum atomic E-state index is 11.5. The van der Waals surface area contributed by atoms with Gasteiger partial charge in [0.05, 0.1) is 17.1 Å². The van der Waals surface area contributed by atoms with Crippen LogP contribution in [0.4, 0.5) is 5.69 Å². The summed E-state index contributed by atoms with van der Waals surface area (Å²) in [4.78, 5) is 15.5. The zero-order valence-electron chi connectivity index (χ0n) is 10.4. The Morgan fingerprint density at radius 1 is 1.40 bits per heavy atom. The Balaban J connectivity index is 2.37. The van der Waals surface area contributed by atoms with Crippen molar-refractivity contribution in [2.45, 2.75) is 0 Å². The van der Waals surface area contributed by atoms with Gasteiger partial charge in [-0.3, -0.25) is 0 Å². The Morgan fingerprint density at radius 2 is 2.15 bits per heavy atom. The van der Waals surface area contributed by atoms with Crippen molar-refractivity contribution in [1.29, 1.82) is 0 Å². The molecule has 0 aliphatic rings. The van der Waals surface area contributed by atoms with Crippen molar-refractivity contribution in [3.8, 4) is 11.6 Å². The molecule has 0 aliphatic heterocycles. The first-order valence-corrected chi connectivity index (χ1v) is 6.65. The Kier molecular flexibility index (Phi) is 4.46. The molecule has 2 N–H and O–H groups in total. The fraction of sp³-hybridized carbons (Fsp3) is 0.0769. The minimum atomic E-state index is -0.551. The third kappa shape index (κ3) is 3.02. The molecular weight excluding hydrogens is 348 g/mol. The molecule has 0 radical (unpaired) electrons. The van der Waals surface area contributed by atoms with E-state index in [1.807, 2.05) is 0 Å². The average molecular weight is 358 g/mol. The van der Waals surface area contributed by atoms with Crippen molar-refractivity contribution in [2.75, 3.05) is 12.8 Å². The van der Waals surface area contributed by atoms with E-state index in [1.165, 1.54) is 19.4 Å². The minimum Gasteiger partial charge on any atom is -0.465 e. The predicted molar refractivity (Wildman–Crippen MR) is 79.2 cm³/mol. The number of halogens is 2. The maximum absolute atomic E-state index is 11.5. The number of anilines is 1. The van der Waals surface area contributed by atoms with Crippen molar-refractivity contribution in [1.82, 2.24) is 4.98 Å². The molecule has 5 nitrogen and oxygen atoms in total. The average Bonchev–Trinajstić information content (AvgIpc) is 2.43. The standard InChI is InChI=1S/C13H10BrClN2O3/c1-19-13(18)8-4-5-17-12(11(8)16)20-10-3-2-7(15)6-9(10)14/h2-6H,16H2,1H3. The van der Waals surface area contributed by atoms with Crippen molar-refractivity contribution in [2.24, 2.45) is 0 Å². The van der Waals surface area contributed by atoms with E-state index in [2.05, 4.69) is 25.7 Å². The highest BCUT2D eigenvalue weighted by Crippen LogP contribution is 2.34. The van der Waals surface area contributed by atoms with Crippen LogP contribution in [0, 0.1) is 0 Å². The van der Waals surface area contributed by atoms with Gasteiger partial charge in [0.25, 0.3) is 0 Å². The number of nitrogens with two attached hydrogens (primary N) is 1. The molecule has 20 heavy (non-hydrogen) atoms. The number of pyridine rings is 1. The first-order valence-electron chi connectivity index (χ1n) is 5.48. The molecule has 0 unspecified atom stereocenters. The van der Waals surface area contributed by atoms with Gasteiger partial charge in [-0.15, -0.1) is 0 Å². The molecular formula is C13H10BrClN2O3. The monoisotopic (exact) mass is 356 g/mol. The fourth-order valence-electron chi connectivity index (χ4n) is 1.49. The second kappa shape index (κ2) is 6.11. The Hall–Kier alpha value is -1.79. The number of benzene rings is 1. The smallest absolute Gasteiger partial charge is 0.340 e. The van der Waals surface area contributed by atoms with Crippen LogP contribution < -0.4 is 10.5 Å². The van der Waals surface area contributed by atoms with Crippen molar-refractivity contribution in [3.63, 3.8) is 0 Å². The second-order valence-electron chi connectivity index (χ2n) is 3.75. The SMILES string of the molecule is COC(=O)c1ccnc(Oc2ccc(Cl)cc2Br)c1N. The number of carbonyl (C=O) groups excluding carboxylic acids is 1. The maximum Gasteiger partial charge on any atom is 0.340 e. The lowest BCUT2D eigenvalue weighted by Gasteiger charge is -2.11. The quantitative estimate of drug-likeness (QED) is 0.849. The highest BCUT2D eigenvalue weighted by Gasteiger charge is 2.16. The van der Waals surface area contributed by atoms with Gasteiger partial charge in [-0.05, 0) is 40.2 Å². The molecule has 7 heteroatoms. The molecule has 0 fully saturated rings. The molecule has 0 atom stereocenters. The number of aromatic nitrogens is 1. The van der Waals surface area contributed by atoms with Crippen molar-refractivity contribution >= 4 is 39.2 Å². The molecule has 104 valence electrons. The summed E-state index contributed by atoms with van der Waals surface area (Å²) in [6, 6.07) is 6.47. The van der Waals surface area contributed by atoms with Gasteiger partial charge in [0.1, 0.15) is 11.4 Å². The van der Waals surface area contributed by atoms with Crippen LogP contribution in [0.5, 0.6) is 11.6 Å². The van der Waals surface area contributed by atoms with Crippen LogP contribution in [0.3, 0.4) is 0 Å². The molecule has 0 amide bonds. The van der Waals surface area contributed by atoms with Crippen LogP contribution in [-0.4, -0.2) is 18.1 Å². The zero-order chi connectivity index (χ0) is 14.7. The lowest BCUT2D eigenvalue weighted by Crippen LogP contribution is -2.07. The number of esters is 1. The summed E-state index contributed by atoms with van der Waals surface area (Å²) >= 11 is 9.17. The molecule has 1 aromatic carbocycles. The van der Waals surface area contributed by atoms with Gasteiger partial charge in [-0.25, -0.2) is 9.78 Å². The minimum absolute atomic E-state index is 0.112. The van der Waals surface area contributed by atoms with Gasteiger partial charge in [-0.1, -0.05) is 11.6 Å². The highest BCUT2D eigenvalue weighted by molar-refractivity contribution is 9.10. The van der Waals surface area contributed by atoms with Gasteiger partial charge in [0.15, 0.2) is 0 Å². The number of nitrogens with zero attached hydrogens (tertiary/aromatic N) is 1. The summed E-state index contributed by atoms with van der Waals surface area (Å²) < 4.78 is 10.9. The van der Waals surface area contributed by atoms with Crippen molar-refractivity contribution < 1.29 is 14.3 Å². The number of methoxy groups -OCH3 is 1.